The smallest absolute Gasteiger partial charge is 0.0969 e. The van der Waals surface area contributed by atoms with E-state index >= 15 is 0 Å². The van der Waals surface area contributed by atoms with Crippen LogP contribution in [0.1, 0.15) is 6.42 Å². The Morgan fingerprint density at radius 3 is 2.90 bits per heavy atom. The molecule has 1 rings (SSSR count). The number of nitriles is 1. The van der Waals surface area contributed by atoms with Gasteiger partial charge >= 0.3 is 0 Å². The number of allylic oxidation sites excluding steroid dienone is 1. The zero-order valence-corrected chi connectivity index (χ0v) is 5.54. The minimum atomic E-state index is -0.0399. The first-order valence-corrected chi connectivity index (χ1v) is 3.06. The lowest BCUT2D eigenvalue weighted by Gasteiger charge is -2.11. The molecule has 0 spiro atoms. The summed E-state index contributed by atoms with van der Waals surface area (Å²) in [6, 6.07) is 1.97. The Morgan fingerprint density at radius 2 is 2.40 bits per heavy atom. The molecule has 10 heavy (non-hydrogen) atoms. The van der Waals surface area contributed by atoms with Gasteiger partial charge < -0.3 is 11.5 Å². The minimum Gasteiger partial charge on any atom is -0.398 e. The Bertz CT molecular complexity index is 232. The van der Waals surface area contributed by atoms with E-state index in [-0.39, 0.29) is 6.04 Å². The van der Waals surface area contributed by atoms with E-state index in [9.17, 15) is 0 Å². The van der Waals surface area contributed by atoms with Crippen LogP contribution in [0.15, 0.2) is 23.4 Å². The van der Waals surface area contributed by atoms with Crippen LogP contribution in [0.3, 0.4) is 0 Å². The van der Waals surface area contributed by atoms with Crippen LogP contribution < -0.4 is 11.5 Å². The molecule has 0 saturated heterocycles. The third-order valence-electron chi connectivity index (χ3n) is 1.45. The van der Waals surface area contributed by atoms with Gasteiger partial charge in [0.25, 0.3) is 0 Å². The predicted molar refractivity (Wildman–Crippen MR) is 38.6 cm³/mol. The molecule has 0 aromatic rings. The SMILES string of the molecule is N#CC1=C(N)C=CC(N)C1. The minimum absolute atomic E-state index is 0.0399. The molecule has 0 amide bonds. The van der Waals surface area contributed by atoms with Gasteiger partial charge in [-0.05, 0) is 6.08 Å². The first kappa shape index (κ1) is 6.84. The van der Waals surface area contributed by atoms with Gasteiger partial charge in [-0.1, -0.05) is 6.08 Å². The first-order chi connectivity index (χ1) is 4.74. The average molecular weight is 135 g/mol. The largest absolute Gasteiger partial charge is 0.398 e. The third-order valence-corrected chi connectivity index (χ3v) is 1.45. The van der Waals surface area contributed by atoms with Gasteiger partial charge in [-0.25, -0.2) is 0 Å². The van der Waals surface area contributed by atoms with Crippen LogP contribution in [-0.4, -0.2) is 6.04 Å². The molecule has 3 nitrogen and oxygen atoms in total. The van der Waals surface area contributed by atoms with Crippen LogP contribution in [0.4, 0.5) is 0 Å². The molecular weight excluding hydrogens is 126 g/mol. The summed E-state index contributed by atoms with van der Waals surface area (Å²) in [6.45, 7) is 0. The van der Waals surface area contributed by atoms with E-state index < -0.39 is 0 Å². The fourth-order valence-corrected chi connectivity index (χ4v) is 0.860. The first-order valence-electron chi connectivity index (χ1n) is 3.06. The van der Waals surface area contributed by atoms with Gasteiger partial charge in [0.05, 0.1) is 11.6 Å². The molecular formula is C7H9N3. The molecule has 1 atom stereocenters. The molecule has 0 aromatic heterocycles. The van der Waals surface area contributed by atoms with Crippen molar-refractivity contribution in [2.24, 2.45) is 11.5 Å². The van der Waals surface area contributed by atoms with Crippen molar-refractivity contribution >= 4 is 0 Å². The van der Waals surface area contributed by atoms with E-state index in [0.717, 1.165) is 0 Å². The fourth-order valence-electron chi connectivity index (χ4n) is 0.860. The lowest BCUT2D eigenvalue weighted by atomic mass is 10.0. The van der Waals surface area contributed by atoms with Gasteiger partial charge in [0.15, 0.2) is 0 Å². The molecule has 4 N–H and O–H groups in total. The standard InChI is InChI=1S/C7H9N3/c8-4-5-3-6(9)1-2-7(5)10/h1-2,6H,3,9-10H2. The molecule has 0 saturated carbocycles. The van der Waals surface area contributed by atoms with Gasteiger partial charge in [-0.2, -0.15) is 5.26 Å². The molecule has 3 heteroatoms. The maximum atomic E-state index is 8.50. The zero-order valence-electron chi connectivity index (χ0n) is 5.54. The monoisotopic (exact) mass is 135 g/mol. The van der Waals surface area contributed by atoms with Gasteiger partial charge in [-0.3, -0.25) is 0 Å². The second kappa shape index (κ2) is 2.54. The highest BCUT2D eigenvalue weighted by Gasteiger charge is 2.09. The van der Waals surface area contributed by atoms with E-state index in [1.807, 2.05) is 6.07 Å². The topological polar surface area (TPSA) is 75.8 Å². The summed E-state index contributed by atoms with van der Waals surface area (Å²) in [5.74, 6) is 0. The van der Waals surface area contributed by atoms with Crippen molar-refractivity contribution in [1.29, 1.82) is 5.26 Å². The average Bonchev–Trinajstić information content (AvgIpc) is 1.94. The van der Waals surface area contributed by atoms with E-state index in [4.69, 9.17) is 16.7 Å². The number of hydrogen-bond donors (Lipinski definition) is 2. The lowest BCUT2D eigenvalue weighted by molar-refractivity contribution is 0.795. The molecule has 1 aliphatic carbocycles. The Hall–Kier alpha value is -1.27. The van der Waals surface area contributed by atoms with Crippen molar-refractivity contribution in [3.05, 3.63) is 23.4 Å². The highest BCUT2D eigenvalue weighted by Crippen LogP contribution is 2.12. The van der Waals surface area contributed by atoms with Crippen molar-refractivity contribution < 1.29 is 0 Å². The molecule has 0 radical (unpaired) electrons. The summed E-state index contributed by atoms with van der Waals surface area (Å²) >= 11 is 0. The normalized spacial score (nSPS) is 24.6. The number of rotatable bonds is 0. The summed E-state index contributed by atoms with van der Waals surface area (Å²) in [7, 11) is 0. The van der Waals surface area contributed by atoms with Crippen LogP contribution in [0.5, 0.6) is 0 Å². The van der Waals surface area contributed by atoms with Crippen molar-refractivity contribution in [3.8, 4) is 6.07 Å². The van der Waals surface area contributed by atoms with Crippen LogP contribution in [0.25, 0.3) is 0 Å². The third kappa shape index (κ3) is 1.17. The summed E-state index contributed by atoms with van der Waals surface area (Å²) < 4.78 is 0. The summed E-state index contributed by atoms with van der Waals surface area (Å²) in [6.07, 6.45) is 4.06. The molecule has 52 valence electrons. The predicted octanol–water partition coefficient (Wildman–Crippen LogP) is 0.00998. The number of nitrogens with two attached hydrogens (primary N) is 2. The Morgan fingerprint density at radius 1 is 1.70 bits per heavy atom. The Balaban J connectivity index is 2.87. The van der Waals surface area contributed by atoms with Crippen molar-refractivity contribution in [2.45, 2.75) is 12.5 Å². The highest BCUT2D eigenvalue weighted by molar-refractivity contribution is 5.37. The maximum absolute atomic E-state index is 8.50. The summed E-state index contributed by atoms with van der Waals surface area (Å²) in [5.41, 5.74) is 12.1. The van der Waals surface area contributed by atoms with Crippen LogP contribution in [0.2, 0.25) is 0 Å². The summed E-state index contributed by atoms with van der Waals surface area (Å²) in [4.78, 5) is 0. The highest BCUT2D eigenvalue weighted by atomic mass is 14.6. The molecule has 0 heterocycles. The van der Waals surface area contributed by atoms with Crippen molar-refractivity contribution in [3.63, 3.8) is 0 Å². The van der Waals surface area contributed by atoms with Crippen molar-refractivity contribution in [2.75, 3.05) is 0 Å². The molecule has 1 unspecified atom stereocenters. The lowest BCUT2D eigenvalue weighted by Crippen LogP contribution is -2.21. The van der Waals surface area contributed by atoms with Crippen LogP contribution in [0, 0.1) is 11.3 Å². The van der Waals surface area contributed by atoms with Gasteiger partial charge in [0, 0.05) is 18.2 Å². The Kier molecular flexibility index (Phi) is 1.74. The maximum Gasteiger partial charge on any atom is 0.0969 e. The number of hydrogen-bond acceptors (Lipinski definition) is 3. The Labute approximate surface area is 59.6 Å². The van der Waals surface area contributed by atoms with Crippen LogP contribution in [-0.2, 0) is 0 Å². The molecule has 0 fully saturated rings. The second-order valence-corrected chi connectivity index (χ2v) is 2.27. The van der Waals surface area contributed by atoms with Crippen molar-refractivity contribution in [1.82, 2.24) is 0 Å². The molecule has 0 aliphatic heterocycles. The quantitative estimate of drug-likeness (QED) is 0.491. The summed E-state index contributed by atoms with van der Waals surface area (Å²) in [5, 5.41) is 8.50. The van der Waals surface area contributed by atoms with E-state index in [1.165, 1.54) is 0 Å². The molecule has 0 aromatic carbocycles. The van der Waals surface area contributed by atoms with E-state index in [0.29, 0.717) is 17.7 Å². The molecule has 0 bridgehead atoms. The second-order valence-electron chi connectivity index (χ2n) is 2.27. The van der Waals surface area contributed by atoms with E-state index in [1.54, 1.807) is 12.2 Å². The molecule has 1 aliphatic rings. The van der Waals surface area contributed by atoms with Gasteiger partial charge in [-0.15, -0.1) is 0 Å². The zero-order chi connectivity index (χ0) is 7.56. The van der Waals surface area contributed by atoms with Gasteiger partial charge in [0.2, 0.25) is 0 Å². The van der Waals surface area contributed by atoms with Crippen LogP contribution >= 0.6 is 0 Å². The van der Waals surface area contributed by atoms with E-state index in [2.05, 4.69) is 0 Å². The number of nitrogens with zero attached hydrogens (tertiary/aromatic N) is 1. The fraction of sp³-hybridized carbons (Fsp3) is 0.286. The van der Waals surface area contributed by atoms with Gasteiger partial charge in [0.1, 0.15) is 0 Å².